The van der Waals surface area contributed by atoms with Gasteiger partial charge in [-0.2, -0.15) is 0 Å². The SMILES string of the molecule is COC(=O)c1ccc(Oc2ccc(CO)cc2Br)cc1. The van der Waals surface area contributed by atoms with E-state index in [4.69, 9.17) is 9.84 Å². The van der Waals surface area contributed by atoms with Gasteiger partial charge in [0.15, 0.2) is 0 Å². The van der Waals surface area contributed by atoms with Gasteiger partial charge in [0.25, 0.3) is 0 Å². The molecule has 0 saturated heterocycles. The van der Waals surface area contributed by atoms with E-state index in [2.05, 4.69) is 20.7 Å². The van der Waals surface area contributed by atoms with Crippen molar-refractivity contribution in [3.05, 3.63) is 58.1 Å². The lowest BCUT2D eigenvalue weighted by Crippen LogP contribution is -2.00. The molecular formula is C15H13BrO4. The Kier molecular flexibility index (Phi) is 4.76. The van der Waals surface area contributed by atoms with Crippen molar-refractivity contribution in [1.29, 1.82) is 0 Å². The highest BCUT2D eigenvalue weighted by Gasteiger charge is 2.07. The first-order chi connectivity index (χ1) is 9.63. The molecule has 0 aliphatic rings. The summed E-state index contributed by atoms with van der Waals surface area (Å²) in [5.74, 6) is 0.855. The Hall–Kier alpha value is -1.85. The molecular weight excluding hydrogens is 324 g/mol. The summed E-state index contributed by atoms with van der Waals surface area (Å²) >= 11 is 3.38. The Balaban J connectivity index is 2.16. The monoisotopic (exact) mass is 336 g/mol. The molecule has 0 bridgehead atoms. The molecule has 20 heavy (non-hydrogen) atoms. The van der Waals surface area contributed by atoms with Crippen molar-refractivity contribution < 1.29 is 19.4 Å². The van der Waals surface area contributed by atoms with Gasteiger partial charge in [0.1, 0.15) is 11.5 Å². The van der Waals surface area contributed by atoms with Crippen LogP contribution in [-0.4, -0.2) is 18.2 Å². The average molecular weight is 337 g/mol. The summed E-state index contributed by atoms with van der Waals surface area (Å²) in [5, 5.41) is 9.04. The quantitative estimate of drug-likeness (QED) is 0.868. The summed E-state index contributed by atoms with van der Waals surface area (Å²) in [5.41, 5.74) is 1.26. The minimum absolute atomic E-state index is 0.0211. The fourth-order valence-electron chi connectivity index (χ4n) is 1.63. The van der Waals surface area contributed by atoms with E-state index in [1.807, 2.05) is 0 Å². The highest BCUT2D eigenvalue weighted by atomic mass is 79.9. The second-order valence-electron chi connectivity index (χ2n) is 4.04. The molecule has 0 spiro atoms. The molecule has 0 unspecified atom stereocenters. The lowest BCUT2D eigenvalue weighted by Gasteiger charge is -2.09. The molecule has 2 aromatic carbocycles. The van der Waals surface area contributed by atoms with Gasteiger partial charge >= 0.3 is 5.97 Å². The zero-order valence-corrected chi connectivity index (χ0v) is 12.4. The molecule has 0 aliphatic heterocycles. The zero-order chi connectivity index (χ0) is 14.5. The summed E-state index contributed by atoms with van der Waals surface area (Å²) in [6.45, 7) is -0.0211. The predicted molar refractivity (Wildman–Crippen MR) is 77.9 cm³/mol. The second-order valence-corrected chi connectivity index (χ2v) is 4.90. The number of benzene rings is 2. The van der Waals surface area contributed by atoms with E-state index in [0.717, 1.165) is 10.0 Å². The van der Waals surface area contributed by atoms with Gasteiger partial charge in [-0.05, 0) is 57.9 Å². The molecule has 0 aromatic heterocycles. The van der Waals surface area contributed by atoms with Crippen molar-refractivity contribution in [2.75, 3.05) is 7.11 Å². The summed E-state index contributed by atoms with van der Waals surface area (Å²) < 4.78 is 11.1. The minimum atomic E-state index is -0.384. The summed E-state index contributed by atoms with van der Waals surface area (Å²) in [6.07, 6.45) is 0. The molecule has 0 atom stereocenters. The number of ether oxygens (including phenoxy) is 2. The Labute approximate surface area is 125 Å². The third kappa shape index (κ3) is 3.37. The van der Waals surface area contributed by atoms with Gasteiger partial charge in [0, 0.05) is 0 Å². The number of hydrogen-bond donors (Lipinski definition) is 1. The average Bonchev–Trinajstić information content (AvgIpc) is 2.49. The maximum absolute atomic E-state index is 11.3. The van der Waals surface area contributed by atoms with Crippen LogP contribution in [0, 0.1) is 0 Å². The fraction of sp³-hybridized carbons (Fsp3) is 0.133. The van der Waals surface area contributed by atoms with Crippen LogP contribution in [-0.2, 0) is 11.3 Å². The van der Waals surface area contributed by atoms with Crippen molar-refractivity contribution in [2.45, 2.75) is 6.61 Å². The van der Waals surface area contributed by atoms with Gasteiger partial charge in [-0.25, -0.2) is 4.79 Å². The summed E-state index contributed by atoms with van der Waals surface area (Å²) in [6, 6.07) is 12.0. The van der Waals surface area contributed by atoms with E-state index in [1.54, 1.807) is 42.5 Å². The first-order valence-corrected chi connectivity index (χ1v) is 6.69. The minimum Gasteiger partial charge on any atom is -0.465 e. The Morgan fingerprint density at radius 1 is 1.20 bits per heavy atom. The number of esters is 1. The molecule has 0 saturated carbocycles. The molecule has 0 heterocycles. The maximum atomic E-state index is 11.3. The van der Waals surface area contributed by atoms with Crippen LogP contribution in [0.5, 0.6) is 11.5 Å². The first kappa shape index (κ1) is 14.6. The number of aliphatic hydroxyl groups excluding tert-OH is 1. The van der Waals surface area contributed by atoms with Gasteiger partial charge in [0.05, 0.1) is 23.8 Å². The molecule has 0 aliphatic carbocycles. The molecule has 4 nitrogen and oxygen atoms in total. The van der Waals surface area contributed by atoms with Crippen molar-refractivity contribution in [3.8, 4) is 11.5 Å². The predicted octanol–water partition coefficient (Wildman–Crippen LogP) is 3.52. The topological polar surface area (TPSA) is 55.8 Å². The van der Waals surface area contributed by atoms with Crippen LogP contribution in [0.25, 0.3) is 0 Å². The van der Waals surface area contributed by atoms with Gasteiger partial charge in [-0.15, -0.1) is 0 Å². The van der Waals surface area contributed by atoms with Crippen LogP contribution in [0.2, 0.25) is 0 Å². The number of halogens is 1. The zero-order valence-electron chi connectivity index (χ0n) is 10.8. The number of rotatable bonds is 4. The van der Waals surface area contributed by atoms with E-state index in [0.29, 0.717) is 17.1 Å². The van der Waals surface area contributed by atoms with E-state index >= 15 is 0 Å². The van der Waals surface area contributed by atoms with Crippen LogP contribution >= 0.6 is 15.9 Å². The van der Waals surface area contributed by atoms with Gasteiger partial charge in [-0.1, -0.05) is 6.07 Å². The van der Waals surface area contributed by atoms with Gasteiger partial charge < -0.3 is 14.6 Å². The van der Waals surface area contributed by atoms with Crippen LogP contribution in [0.3, 0.4) is 0 Å². The maximum Gasteiger partial charge on any atom is 0.337 e. The van der Waals surface area contributed by atoms with Crippen LogP contribution in [0.1, 0.15) is 15.9 Å². The molecule has 2 aromatic rings. The lowest BCUT2D eigenvalue weighted by atomic mass is 10.2. The third-order valence-corrected chi connectivity index (χ3v) is 3.30. The van der Waals surface area contributed by atoms with Crippen molar-refractivity contribution >= 4 is 21.9 Å². The van der Waals surface area contributed by atoms with E-state index in [9.17, 15) is 4.79 Å². The first-order valence-electron chi connectivity index (χ1n) is 5.89. The molecule has 104 valence electrons. The molecule has 0 fully saturated rings. The lowest BCUT2D eigenvalue weighted by molar-refractivity contribution is 0.0600. The molecule has 1 N–H and O–H groups in total. The Morgan fingerprint density at radius 2 is 1.90 bits per heavy atom. The van der Waals surface area contributed by atoms with Gasteiger partial charge in [0.2, 0.25) is 0 Å². The van der Waals surface area contributed by atoms with Crippen molar-refractivity contribution in [2.24, 2.45) is 0 Å². The number of aliphatic hydroxyl groups is 1. The fourth-order valence-corrected chi connectivity index (χ4v) is 2.14. The normalized spacial score (nSPS) is 10.2. The van der Waals surface area contributed by atoms with Crippen molar-refractivity contribution in [3.63, 3.8) is 0 Å². The van der Waals surface area contributed by atoms with Gasteiger partial charge in [-0.3, -0.25) is 0 Å². The Bertz CT molecular complexity index is 608. The summed E-state index contributed by atoms with van der Waals surface area (Å²) in [4.78, 5) is 11.3. The number of carbonyl (C=O) groups excluding carboxylic acids is 1. The van der Waals surface area contributed by atoms with Crippen molar-refractivity contribution in [1.82, 2.24) is 0 Å². The smallest absolute Gasteiger partial charge is 0.337 e. The van der Waals surface area contributed by atoms with Crippen LogP contribution < -0.4 is 4.74 Å². The van der Waals surface area contributed by atoms with Crippen LogP contribution in [0.15, 0.2) is 46.9 Å². The number of hydrogen-bond acceptors (Lipinski definition) is 4. The third-order valence-electron chi connectivity index (χ3n) is 2.68. The number of carbonyl (C=O) groups is 1. The number of methoxy groups -OCH3 is 1. The van der Waals surface area contributed by atoms with E-state index in [-0.39, 0.29) is 12.6 Å². The van der Waals surface area contributed by atoms with E-state index < -0.39 is 0 Å². The standard InChI is InChI=1S/C15H13BrO4/c1-19-15(18)11-3-5-12(6-4-11)20-14-7-2-10(9-17)8-13(14)16/h2-8,17H,9H2,1H3. The second kappa shape index (κ2) is 6.54. The summed E-state index contributed by atoms with van der Waals surface area (Å²) in [7, 11) is 1.34. The van der Waals surface area contributed by atoms with E-state index in [1.165, 1.54) is 7.11 Å². The Morgan fingerprint density at radius 3 is 2.45 bits per heavy atom. The largest absolute Gasteiger partial charge is 0.465 e. The highest BCUT2D eigenvalue weighted by molar-refractivity contribution is 9.10. The highest BCUT2D eigenvalue weighted by Crippen LogP contribution is 2.30. The molecule has 0 amide bonds. The molecule has 2 rings (SSSR count). The van der Waals surface area contributed by atoms with Crippen LogP contribution in [0.4, 0.5) is 0 Å². The molecule has 0 radical (unpaired) electrons. The molecule has 5 heteroatoms.